The van der Waals surface area contributed by atoms with Gasteiger partial charge in [0.25, 0.3) is 0 Å². The molecule has 1 heterocycles. The Morgan fingerprint density at radius 1 is 1.05 bits per heavy atom. The highest BCUT2D eigenvalue weighted by Gasteiger charge is 2.84. The third kappa shape index (κ3) is 3.74. The van der Waals surface area contributed by atoms with Crippen LogP contribution in [0, 0.1) is 29.1 Å². The van der Waals surface area contributed by atoms with Crippen LogP contribution in [0.3, 0.4) is 0 Å². The number of ketones is 1. The molecule has 0 radical (unpaired) electrons. The van der Waals surface area contributed by atoms with Crippen molar-refractivity contribution in [2.75, 3.05) is 0 Å². The van der Waals surface area contributed by atoms with E-state index in [1.807, 2.05) is 0 Å². The summed E-state index contributed by atoms with van der Waals surface area (Å²) < 4.78 is 22.3. The van der Waals surface area contributed by atoms with Gasteiger partial charge < -0.3 is 24.1 Å². The highest BCUT2D eigenvalue weighted by molar-refractivity contribution is 6.23. The highest BCUT2D eigenvalue weighted by Crippen LogP contribution is 2.75. The number of esters is 4. The minimum absolute atomic E-state index is 0.116. The zero-order chi connectivity index (χ0) is 27.8. The highest BCUT2D eigenvalue weighted by atomic mass is 35.5. The van der Waals surface area contributed by atoms with E-state index < -0.39 is 93.6 Å². The number of ether oxygens (including phenoxy) is 4. The van der Waals surface area contributed by atoms with Gasteiger partial charge in [-0.2, -0.15) is 0 Å². The summed E-state index contributed by atoms with van der Waals surface area (Å²) >= 11 is 6.74. The zero-order valence-corrected chi connectivity index (χ0v) is 22.2. The molecule has 1 aliphatic heterocycles. The summed E-state index contributed by atoms with van der Waals surface area (Å²) in [7, 11) is 0. The van der Waals surface area contributed by atoms with Gasteiger partial charge in [-0.3, -0.25) is 24.0 Å². The van der Waals surface area contributed by atoms with E-state index in [9.17, 15) is 29.1 Å². The topological polar surface area (TPSA) is 143 Å². The predicted octanol–water partition coefficient (Wildman–Crippen LogP) is 1.65. The third-order valence-electron chi connectivity index (χ3n) is 8.60. The maximum absolute atomic E-state index is 13.8. The molecule has 11 heteroatoms. The second-order valence-electron chi connectivity index (χ2n) is 10.8. The number of hydrogen-bond donors (Lipinski definition) is 1. The Kier molecular flexibility index (Phi) is 6.39. The van der Waals surface area contributed by atoms with Crippen molar-refractivity contribution in [3.05, 3.63) is 24.3 Å². The van der Waals surface area contributed by atoms with Crippen molar-refractivity contribution in [1.82, 2.24) is 0 Å². The van der Waals surface area contributed by atoms with E-state index in [0.29, 0.717) is 0 Å². The molecule has 3 fully saturated rings. The van der Waals surface area contributed by atoms with Crippen LogP contribution < -0.4 is 0 Å². The average Bonchev–Trinajstić information content (AvgIpc) is 3.23. The smallest absolute Gasteiger partial charge is 0.312 e. The summed E-state index contributed by atoms with van der Waals surface area (Å²) in [5.41, 5.74) is -4.90. The van der Waals surface area contributed by atoms with Crippen LogP contribution in [0.4, 0.5) is 0 Å². The molecule has 0 bridgehead atoms. The van der Waals surface area contributed by atoms with E-state index in [4.69, 9.17) is 30.5 Å². The summed E-state index contributed by atoms with van der Waals surface area (Å²) in [6.45, 7) is 12.0. The van der Waals surface area contributed by atoms with Gasteiger partial charge in [-0.05, 0) is 36.8 Å². The molecule has 0 aromatic heterocycles. The van der Waals surface area contributed by atoms with Crippen molar-refractivity contribution in [2.45, 2.75) is 76.4 Å². The van der Waals surface area contributed by atoms with E-state index in [1.54, 1.807) is 19.1 Å². The lowest BCUT2D eigenvalue weighted by atomic mass is 9.66. The number of carbonyl (C=O) groups is 5. The summed E-state index contributed by atoms with van der Waals surface area (Å²) in [4.78, 5) is 63.0. The van der Waals surface area contributed by atoms with Crippen LogP contribution in [0.25, 0.3) is 0 Å². The standard InChI is InChI=1S/C26H31ClO10/c1-10-16(34-12(3)28)9-8-15-17-20(31)25(7,37-14(5)30)19(24(15,17)6)22(35-13(4)29)26(33)11(2)23(32)36-21(26)18(10)27/h8-9,11,15-19,21-22,33H,1H2,2-7H3/b9-8-. The first kappa shape index (κ1) is 27.3. The lowest BCUT2D eigenvalue weighted by Gasteiger charge is -2.47. The lowest BCUT2D eigenvalue weighted by Crippen LogP contribution is -2.65. The normalized spacial score (nSPS) is 47.1. The second-order valence-corrected chi connectivity index (χ2v) is 11.3. The molecule has 0 spiro atoms. The molecule has 0 aromatic carbocycles. The van der Waals surface area contributed by atoms with E-state index in [2.05, 4.69) is 6.58 Å². The van der Waals surface area contributed by atoms with E-state index in [-0.39, 0.29) is 5.57 Å². The summed E-state index contributed by atoms with van der Waals surface area (Å²) in [6, 6.07) is 0. The van der Waals surface area contributed by atoms with Gasteiger partial charge in [-0.1, -0.05) is 19.6 Å². The first-order valence-electron chi connectivity index (χ1n) is 12.0. The van der Waals surface area contributed by atoms with Gasteiger partial charge in [-0.25, -0.2) is 0 Å². The fourth-order valence-corrected chi connectivity index (χ4v) is 7.25. The van der Waals surface area contributed by atoms with Crippen LogP contribution >= 0.6 is 11.6 Å². The Bertz CT molecular complexity index is 1130. The van der Waals surface area contributed by atoms with Gasteiger partial charge in [0.1, 0.15) is 12.2 Å². The number of carbonyl (C=O) groups excluding carboxylic acids is 5. The number of alkyl halides is 1. The van der Waals surface area contributed by atoms with Gasteiger partial charge in [0.2, 0.25) is 0 Å². The molecule has 3 aliphatic carbocycles. The van der Waals surface area contributed by atoms with Crippen LogP contribution in [0.2, 0.25) is 0 Å². The summed E-state index contributed by atoms with van der Waals surface area (Å²) in [5.74, 6) is -6.82. The molecule has 1 N–H and O–H groups in total. The Balaban J connectivity index is 2.00. The number of rotatable bonds is 3. The van der Waals surface area contributed by atoms with Crippen LogP contribution in [0.15, 0.2) is 24.3 Å². The zero-order valence-electron chi connectivity index (χ0n) is 21.5. The Labute approximate surface area is 219 Å². The molecule has 2 saturated carbocycles. The quantitative estimate of drug-likeness (QED) is 0.244. The average molecular weight is 539 g/mol. The van der Waals surface area contributed by atoms with Crippen molar-refractivity contribution in [1.29, 1.82) is 0 Å². The molecular weight excluding hydrogens is 508 g/mol. The number of Topliss-reactive ketones (excluding diaryl/α,β-unsaturated/α-hetero) is 1. The largest absolute Gasteiger partial charge is 0.459 e. The van der Waals surface area contributed by atoms with Gasteiger partial charge >= 0.3 is 23.9 Å². The maximum atomic E-state index is 13.8. The number of hydrogen-bond acceptors (Lipinski definition) is 10. The van der Waals surface area contributed by atoms with E-state index in [0.717, 1.165) is 13.8 Å². The Hall–Kier alpha value is -2.72. The third-order valence-corrected chi connectivity index (χ3v) is 9.11. The van der Waals surface area contributed by atoms with Gasteiger partial charge in [-0.15, -0.1) is 11.6 Å². The first-order chi connectivity index (χ1) is 17.0. The van der Waals surface area contributed by atoms with Gasteiger partial charge in [0.15, 0.2) is 23.1 Å². The monoisotopic (exact) mass is 538 g/mol. The Morgan fingerprint density at radius 2 is 1.65 bits per heavy atom. The van der Waals surface area contributed by atoms with Crippen molar-refractivity contribution in [3.8, 4) is 0 Å². The van der Waals surface area contributed by atoms with Gasteiger partial charge in [0.05, 0.1) is 17.2 Å². The number of fused-ring (bicyclic) bond motifs is 2. The molecule has 10 nitrogen and oxygen atoms in total. The Morgan fingerprint density at radius 3 is 2.19 bits per heavy atom. The molecule has 11 atom stereocenters. The number of halogens is 1. The minimum atomic E-state index is -2.26. The van der Waals surface area contributed by atoms with E-state index in [1.165, 1.54) is 20.8 Å². The lowest BCUT2D eigenvalue weighted by molar-refractivity contribution is -0.214. The molecule has 0 aromatic rings. The van der Waals surface area contributed by atoms with Gasteiger partial charge in [0, 0.05) is 26.7 Å². The molecule has 37 heavy (non-hydrogen) atoms. The van der Waals surface area contributed by atoms with Crippen LogP contribution in [0.5, 0.6) is 0 Å². The predicted molar refractivity (Wildman–Crippen MR) is 127 cm³/mol. The van der Waals surface area contributed by atoms with Crippen molar-refractivity contribution in [3.63, 3.8) is 0 Å². The van der Waals surface area contributed by atoms with Crippen LogP contribution in [-0.4, -0.2) is 69.7 Å². The molecule has 11 unspecified atom stereocenters. The summed E-state index contributed by atoms with van der Waals surface area (Å²) in [6.07, 6.45) is -0.849. The molecular formula is C26H31ClO10. The second kappa shape index (κ2) is 8.66. The molecule has 1 saturated heterocycles. The van der Waals surface area contributed by atoms with Crippen molar-refractivity contribution < 1.29 is 48.0 Å². The van der Waals surface area contributed by atoms with Crippen molar-refractivity contribution in [2.24, 2.45) is 29.1 Å². The molecule has 4 rings (SSSR count). The van der Waals surface area contributed by atoms with Crippen LogP contribution in [0.1, 0.15) is 41.5 Å². The van der Waals surface area contributed by atoms with Crippen LogP contribution in [-0.2, 0) is 42.9 Å². The molecule has 4 aliphatic rings. The first-order valence-corrected chi connectivity index (χ1v) is 12.5. The minimum Gasteiger partial charge on any atom is -0.459 e. The van der Waals surface area contributed by atoms with E-state index >= 15 is 0 Å². The fourth-order valence-electron chi connectivity index (χ4n) is 6.87. The number of aliphatic hydroxyl groups is 1. The summed E-state index contributed by atoms with van der Waals surface area (Å²) in [5, 5.41) is 11.0. The maximum Gasteiger partial charge on any atom is 0.312 e. The SMILES string of the molecule is C=C1C(OC(C)=O)/C=C\C2C3C(=O)C(C)(OC(C)=O)C(C(OC(C)=O)C4(O)C(C)C(=O)OC4C1Cl)C23C. The van der Waals surface area contributed by atoms with Crippen molar-refractivity contribution >= 4 is 41.3 Å². The molecule has 202 valence electrons. The molecule has 0 amide bonds. The fraction of sp³-hybridized carbons (Fsp3) is 0.654. The number of allylic oxidation sites excluding steroid dienone is 1.